The third kappa shape index (κ3) is 4.34. The van der Waals surface area contributed by atoms with Crippen LogP contribution in [-0.4, -0.2) is 24.1 Å². The summed E-state index contributed by atoms with van der Waals surface area (Å²) in [7, 11) is 0. The van der Waals surface area contributed by atoms with Gasteiger partial charge in [-0.25, -0.2) is 4.98 Å². The minimum Gasteiger partial charge on any atom is -0.309 e. The normalized spacial score (nSPS) is 11.9. The van der Waals surface area contributed by atoms with Crippen molar-refractivity contribution in [2.45, 2.75) is 0 Å². The molecule has 0 N–H and O–H groups in total. The van der Waals surface area contributed by atoms with Gasteiger partial charge in [0.1, 0.15) is 0 Å². The maximum absolute atomic E-state index is 5.29. The van der Waals surface area contributed by atoms with Crippen LogP contribution in [0.2, 0.25) is 0 Å². The van der Waals surface area contributed by atoms with Gasteiger partial charge in [-0.1, -0.05) is 164 Å². The van der Waals surface area contributed by atoms with Gasteiger partial charge in [-0.2, -0.15) is 9.97 Å². The van der Waals surface area contributed by atoms with Gasteiger partial charge in [0.25, 0.3) is 0 Å². The lowest BCUT2D eigenvalue weighted by atomic mass is 9.90. The monoisotopic (exact) mass is 713 g/mol. The highest BCUT2D eigenvalue weighted by Crippen LogP contribution is 2.50. The molecule has 0 aliphatic carbocycles. The summed E-state index contributed by atoms with van der Waals surface area (Å²) in [6.45, 7) is 0. The average molecular weight is 714 g/mol. The highest BCUT2D eigenvalue weighted by Gasteiger charge is 2.26. The van der Waals surface area contributed by atoms with E-state index in [9.17, 15) is 0 Å². The molecule has 3 heterocycles. The maximum Gasteiger partial charge on any atom is 0.238 e. The van der Waals surface area contributed by atoms with Crippen LogP contribution in [0.4, 0.5) is 0 Å². The van der Waals surface area contributed by atoms with E-state index in [1.807, 2.05) is 36.4 Å². The van der Waals surface area contributed by atoms with Crippen molar-refractivity contribution >= 4 is 75.9 Å². The molecule has 0 atom stereocenters. The van der Waals surface area contributed by atoms with Crippen molar-refractivity contribution in [1.29, 1.82) is 0 Å². The molecule has 260 valence electrons. The zero-order valence-corrected chi connectivity index (χ0v) is 30.1. The van der Waals surface area contributed by atoms with Crippen LogP contribution in [0, 0.1) is 0 Å². The summed E-state index contributed by atoms with van der Waals surface area (Å²) in [6, 6.07) is 66.6. The SMILES string of the molecule is c1ccc(-c2nc(-c3ccccc3)nc(-n3c4ccccc4c4c5c6ccccc6c6c7ccccc7n(-c7ccccc7)c6c5c5ccccc5c43)n2)cc1. The maximum atomic E-state index is 5.29. The lowest BCUT2D eigenvalue weighted by Crippen LogP contribution is -2.06. The number of fused-ring (bicyclic) bond motifs is 15. The fourth-order valence-electron chi connectivity index (χ4n) is 9.05. The number of nitrogens with zero attached hydrogens (tertiary/aromatic N) is 5. The molecular weight excluding hydrogens is 683 g/mol. The second-order valence-electron chi connectivity index (χ2n) is 14.3. The van der Waals surface area contributed by atoms with E-state index in [0.29, 0.717) is 17.6 Å². The summed E-state index contributed by atoms with van der Waals surface area (Å²) in [4.78, 5) is 15.6. The van der Waals surface area contributed by atoms with Gasteiger partial charge in [-0.3, -0.25) is 4.57 Å². The van der Waals surface area contributed by atoms with E-state index in [0.717, 1.165) is 38.6 Å². The number of rotatable bonds is 4. The highest BCUT2D eigenvalue weighted by atomic mass is 15.2. The molecule has 56 heavy (non-hydrogen) atoms. The summed E-state index contributed by atoms with van der Waals surface area (Å²) >= 11 is 0. The summed E-state index contributed by atoms with van der Waals surface area (Å²) in [6.07, 6.45) is 0. The minimum atomic E-state index is 0.581. The van der Waals surface area contributed by atoms with Crippen LogP contribution in [0.3, 0.4) is 0 Å². The molecule has 0 amide bonds. The summed E-state index contributed by atoms with van der Waals surface area (Å²) in [5.41, 5.74) is 7.51. The Hall–Kier alpha value is -7.63. The molecule has 0 aliphatic rings. The first kappa shape index (κ1) is 30.8. The van der Waals surface area contributed by atoms with Crippen molar-refractivity contribution in [2.24, 2.45) is 0 Å². The number of hydrogen-bond acceptors (Lipinski definition) is 3. The molecule has 0 bridgehead atoms. The Morgan fingerprint density at radius 2 is 0.696 bits per heavy atom. The van der Waals surface area contributed by atoms with Crippen LogP contribution in [-0.2, 0) is 0 Å². The van der Waals surface area contributed by atoms with Gasteiger partial charge in [-0.05, 0) is 40.4 Å². The fraction of sp³-hybridized carbons (Fsp3) is 0. The van der Waals surface area contributed by atoms with Crippen molar-refractivity contribution in [3.8, 4) is 34.4 Å². The number of benzene rings is 9. The summed E-state index contributed by atoms with van der Waals surface area (Å²) < 4.78 is 4.75. The molecule has 0 saturated carbocycles. The molecular formula is C51H31N5. The lowest BCUT2D eigenvalue weighted by Gasteiger charge is -2.17. The topological polar surface area (TPSA) is 48.5 Å². The van der Waals surface area contributed by atoms with Crippen LogP contribution in [0.15, 0.2) is 188 Å². The quantitative estimate of drug-likeness (QED) is 0.171. The van der Waals surface area contributed by atoms with Crippen LogP contribution in [0.5, 0.6) is 0 Å². The molecule has 12 aromatic rings. The van der Waals surface area contributed by atoms with Gasteiger partial charge >= 0.3 is 0 Å². The van der Waals surface area contributed by atoms with Gasteiger partial charge in [0.2, 0.25) is 5.95 Å². The van der Waals surface area contributed by atoms with Gasteiger partial charge in [-0.15, -0.1) is 0 Å². The van der Waals surface area contributed by atoms with Crippen molar-refractivity contribution in [2.75, 3.05) is 0 Å². The number of para-hydroxylation sites is 3. The third-order valence-corrected chi connectivity index (χ3v) is 11.3. The standard InChI is InChI=1S/C51H31N5/c1-4-18-32(19-5-1)49-52-50(33-20-6-2-7-21-33)54-51(53-49)56-42-31-17-15-29-40(42)46-44-36-25-11-10-24-35(36)43-39-28-14-16-30-41(39)55(34-22-8-3-9-23-34)48(43)45(44)37-26-12-13-27-38(37)47(46)56/h1-31H. The van der Waals surface area contributed by atoms with E-state index in [2.05, 4.69) is 161 Å². The average Bonchev–Trinajstić information content (AvgIpc) is 3.81. The molecule has 0 saturated heterocycles. The second kappa shape index (κ2) is 11.9. The van der Waals surface area contributed by atoms with Crippen molar-refractivity contribution in [3.05, 3.63) is 188 Å². The van der Waals surface area contributed by atoms with Crippen molar-refractivity contribution in [3.63, 3.8) is 0 Å². The Morgan fingerprint density at radius 1 is 0.286 bits per heavy atom. The Bertz CT molecular complexity index is 3450. The van der Waals surface area contributed by atoms with Gasteiger partial charge in [0.15, 0.2) is 11.6 Å². The number of hydrogen-bond donors (Lipinski definition) is 0. The largest absolute Gasteiger partial charge is 0.309 e. The second-order valence-corrected chi connectivity index (χ2v) is 14.3. The Balaban J connectivity index is 1.34. The van der Waals surface area contributed by atoms with Crippen LogP contribution in [0.1, 0.15) is 0 Å². The first-order chi connectivity index (χ1) is 27.8. The zero-order chi connectivity index (χ0) is 36.7. The minimum absolute atomic E-state index is 0.581. The van der Waals surface area contributed by atoms with E-state index in [1.165, 1.54) is 54.1 Å². The molecule has 3 aromatic heterocycles. The highest BCUT2D eigenvalue weighted by molar-refractivity contribution is 6.44. The Labute approximate surface area is 321 Å². The van der Waals surface area contributed by atoms with E-state index in [1.54, 1.807) is 0 Å². The van der Waals surface area contributed by atoms with Crippen LogP contribution >= 0.6 is 0 Å². The predicted molar refractivity (Wildman–Crippen MR) is 232 cm³/mol. The van der Waals surface area contributed by atoms with E-state index < -0.39 is 0 Å². The smallest absolute Gasteiger partial charge is 0.238 e. The molecule has 5 heteroatoms. The molecule has 12 rings (SSSR count). The van der Waals surface area contributed by atoms with E-state index in [-0.39, 0.29) is 0 Å². The molecule has 0 aliphatic heterocycles. The molecule has 0 unspecified atom stereocenters. The first-order valence-electron chi connectivity index (χ1n) is 19.0. The molecule has 9 aromatic carbocycles. The van der Waals surface area contributed by atoms with E-state index >= 15 is 0 Å². The van der Waals surface area contributed by atoms with Gasteiger partial charge < -0.3 is 4.57 Å². The van der Waals surface area contributed by atoms with Crippen LogP contribution in [0.25, 0.3) is 110 Å². The van der Waals surface area contributed by atoms with Crippen LogP contribution < -0.4 is 0 Å². The Morgan fingerprint density at radius 3 is 1.29 bits per heavy atom. The summed E-state index contributed by atoms with van der Waals surface area (Å²) in [5.74, 6) is 1.84. The summed E-state index contributed by atoms with van der Waals surface area (Å²) in [5, 5.41) is 12.0. The molecule has 0 fully saturated rings. The fourth-order valence-corrected chi connectivity index (χ4v) is 9.05. The molecule has 0 radical (unpaired) electrons. The number of aromatic nitrogens is 5. The molecule has 5 nitrogen and oxygen atoms in total. The Kier molecular flexibility index (Phi) is 6.56. The third-order valence-electron chi connectivity index (χ3n) is 11.3. The zero-order valence-electron chi connectivity index (χ0n) is 30.1. The van der Waals surface area contributed by atoms with E-state index in [4.69, 9.17) is 15.0 Å². The lowest BCUT2D eigenvalue weighted by molar-refractivity contribution is 0.955. The molecule has 0 spiro atoms. The predicted octanol–water partition coefficient (Wildman–Crippen LogP) is 12.9. The van der Waals surface area contributed by atoms with Crippen molar-refractivity contribution < 1.29 is 0 Å². The van der Waals surface area contributed by atoms with Gasteiger partial charge in [0.05, 0.1) is 22.1 Å². The van der Waals surface area contributed by atoms with Gasteiger partial charge in [0, 0.05) is 54.5 Å². The van der Waals surface area contributed by atoms with Crippen molar-refractivity contribution in [1.82, 2.24) is 24.1 Å². The first-order valence-corrected chi connectivity index (χ1v) is 19.0.